The third-order valence-electron chi connectivity index (χ3n) is 3.15. The molecule has 1 aromatic heterocycles. The first kappa shape index (κ1) is 14.3. The summed E-state index contributed by atoms with van der Waals surface area (Å²) < 4.78 is 3.16. The van der Waals surface area contributed by atoms with Crippen LogP contribution in [0.4, 0.5) is 0 Å². The van der Waals surface area contributed by atoms with Crippen molar-refractivity contribution in [3.63, 3.8) is 0 Å². The number of hydrogen-bond donors (Lipinski definition) is 1. The van der Waals surface area contributed by atoms with Crippen LogP contribution in [-0.4, -0.2) is 15.8 Å². The summed E-state index contributed by atoms with van der Waals surface area (Å²) in [6.45, 7) is 8.14. The Labute approximate surface area is 123 Å². The molecule has 0 amide bonds. The standard InChI is InChI=1S/C15H20BrN3/c1-11(2)17-8-14-9-18-19(12(14)3)10-13-4-6-15(16)7-5-13/h4-7,9,11,17H,8,10H2,1-3H3. The van der Waals surface area contributed by atoms with Gasteiger partial charge in [-0.25, -0.2) is 0 Å². The van der Waals surface area contributed by atoms with E-state index in [2.05, 4.69) is 76.1 Å². The van der Waals surface area contributed by atoms with Crippen molar-refractivity contribution < 1.29 is 0 Å². The zero-order valence-corrected chi connectivity index (χ0v) is 13.2. The van der Waals surface area contributed by atoms with E-state index >= 15 is 0 Å². The normalized spacial score (nSPS) is 11.2. The molecular formula is C15H20BrN3. The molecule has 0 saturated carbocycles. The fraction of sp³-hybridized carbons (Fsp3) is 0.400. The van der Waals surface area contributed by atoms with Gasteiger partial charge in [-0.05, 0) is 24.6 Å². The molecule has 2 aromatic rings. The van der Waals surface area contributed by atoms with Gasteiger partial charge >= 0.3 is 0 Å². The smallest absolute Gasteiger partial charge is 0.0662 e. The van der Waals surface area contributed by atoms with Crippen LogP contribution in [0, 0.1) is 6.92 Å². The molecule has 0 unspecified atom stereocenters. The van der Waals surface area contributed by atoms with Crippen molar-refractivity contribution in [3.05, 3.63) is 51.8 Å². The van der Waals surface area contributed by atoms with Gasteiger partial charge in [-0.1, -0.05) is 41.9 Å². The topological polar surface area (TPSA) is 29.9 Å². The summed E-state index contributed by atoms with van der Waals surface area (Å²) >= 11 is 3.45. The zero-order chi connectivity index (χ0) is 13.8. The van der Waals surface area contributed by atoms with Crippen LogP contribution >= 0.6 is 15.9 Å². The van der Waals surface area contributed by atoms with E-state index in [-0.39, 0.29) is 0 Å². The maximum absolute atomic E-state index is 4.48. The molecule has 0 aliphatic carbocycles. The van der Waals surface area contributed by atoms with Crippen molar-refractivity contribution in [2.75, 3.05) is 0 Å². The van der Waals surface area contributed by atoms with Gasteiger partial charge in [0, 0.05) is 28.3 Å². The molecule has 3 nitrogen and oxygen atoms in total. The van der Waals surface area contributed by atoms with Crippen molar-refractivity contribution in [1.82, 2.24) is 15.1 Å². The van der Waals surface area contributed by atoms with E-state index in [9.17, 15) is 0 Å². The molecule has 0 fully saturated rings. The maximum Gasteiger partial charge on any atom is 0.0662 e. The fourth-order valence-electron chi connectivity index (χ4n) is 1.89. The Morgan fingerprint density at radius 1 is 1.26 bits per heavy atom. The summed E-state index contributed by atoms with van der Waals surface area (Å²) in [5.74, 6) is 0. The minimum atomic E-state index is 0.495. The Bertz CT molecular complexity index is 529. The van der Waals surface area contributed by atoms with Gasteiger partial charge in [0.1, 0.15) is 0 Å². The lowest BCUT2D eigenvalue weighted by Gasteiger charge is -2.08. The highest BCUT2D eigenvalue weighted by atomic mass is 79.9. The van der Waals surface area contributed by atoms with Crippen LogP contribution in [0.2, 0.25) is 0 Å². The second-order valence-corrected chi connectivity index (χ2v) is 5.99. The number of nitrogens with zero attached hydrogens (tertiary/aromatic N) is 2. The highest BCUT2D eigenvalue weighted by Crippen LogP contribution is 2.13. The second-order valence-electron chi connectivity index (χ2n) is 5.07. The molecule has 0 radical (unpaired) electrons. The highest BCUT2D eigenvalue weighted by molar-refractivity contribution is 9.10. The molecule has 0 atom stereocenters. The molecule has 1 N–H and O–H groups in total. The summed E-state index contributed by atoms with van der Waals surface area (Å²) in [5.41, 5.74) is 3.76. The van der Waals surface area contributed by atoms with Crippen LogP contribution in [-0.2, 0) is 13.1 Å². The van der Waals surface area contributed by atoms with Crippen LogP contribution in [0.1, 0.15) is 30.7 Å². The number of benzene rings is 1. The summed E-state index contributed by atoms with van der Waals surface area (Å²) in [6, 6.07) is 8.87. The van der Waals surface area contributed by atoms with E-state index in [4.69, 9.17) is 0 Å². The van der Waals surface area contributed by atoms with E-state index in [0.29, 0.717) is 6.04 Å². The molecule has 19 heavy (non-hydrogen) atoms. The van der Waals surface area contributed by atoms with Crippen LogP contribution in [0.5, 0.6) is 0 Å². The molecule has 0 bridgehead atoms. The number of aromatic nitrogens is 2. The lowest BCUT2D eigenvalue weighted by atomic mass is 10.2. The Balaban J connectivity index is 2.07. The molecule has 102 valence electrons. The van der Waals surface area contributed by atoms with Gasteiger partial charge < -0.3 is 5.32 Å². The van der Waals surface area contributed by atoms with E-state index in [1.807, 2.05) is 6.20 Å². The summed E-state index contributed by atoms with van der Waals surface area (Å²) in [4.78, 5) is 0. The van der Waals surface area contributed by atoms with Crippen molar-refractivity contribution >= 4 is 15.9 Å². The first-order valence-electron chi connectivity index (χ1n) is 6.55. The maximum atomic E-state index is 4.48. The van der Waals surface area contributed by atoms with Gasteiger partial charge in [0.15, 0.2) is 0 Å². The first-order chi connectivity index (χ1) is 9.06. The van der Waals surface area contributed by atoms with E-state index in [1.165, 1.54) is 16.8 Å². The number of rotatable bonds is 5. The molecule has 0 aliphatic rings. The predicted molar refractivity (Wildman–Crippen MR) is 82.2 cm³/mol. The van der Waals surface area contributed by atoms with Gasteiger partial charge in [-0.15, -0.1) is 0 Å². The van der Waals surface area contributed by atoms with Crippen molar-refractivity contribution in [3.8, 4) is 0 Å². The lowest BCUT2D eigenvalue weighted by molar-refractivity contribution is 0.585. The Morgan fingerprint density at radius 2 is 1.95 bits per heavy atom. The Kier molecular flexibility index (Phi) is 4.77. The van der Waals surface area contributed by atoms with Crippen LogP contribution in [0.25, 0.3) is 0 Å². The van der Waals surface area contributed by atoms with Crippen molar-refractivity contribution in [2.24, 2.45) is 0 Å². The fourth-order valence-corrected chi connectivity index (χ4v) is 2.16. The van der Waals surface area contributed by atoms with Crippen molar-refractivity contribution in [2.45, 2.75) is 39.9 Å². The average molecular weight is 322 g/mol. The van der Waals surface area contributed by atoms with E-state index in [1.54, 1.807) is 0 Å². The van der Waals surface area contributed by atoms with Crippen LogP contribution in [0.3, 0.4) is 0 Å². The van der Waals surface area contributed by atoms with Gasteiger partial charge in [-0.3, -0.25) is 4.68 Å². The predicted octanol–water partition coefficient (Wildman–Crippen LogP) is 3.50. The molecule has 0 saturated heterocycles. The molecule has 1 heterocycles. The molecule has 4 heteroatoms. The van der Waals surface area contributed by atoms with Gasteiger partial charge in [0.2, 0.25) is 0 Å². The minimum Gasteiger partial charge on any atom is -0.310 e. The summed E-state index contributed by atoms with van der Waals surface area (Å²) in [7, 11) is 0. The zero-order valence-electron chi connectivity index (χ0n) is 11.7. The lowest BCUT2D eigenvalue weighted by Crippen LogP contribution is -2.22. The molecule has 2 rings (SSSR count). The number of nitrogens with one attached hydrogen (secondary N) is 1. The quantitative estimate of drug-likeness (QED) is 0.913. The molecule has 0 aliphatic heterocycles. The monoisotopic (exact) mass is 321 g/mol. The number of halogens is 1. The number of hydrogen-bond acceptors (Lipinski definition) is 2. The van der Waals surface area contributed by atoms with E-state index in [0.717, 1.165) is 17.6 Å². The molecular weight excluding hydrogens is 302 g/mol. The van der Waals surface area contributed by atoms with Gasteiger partial charge in [-0.2, -0.15) is 5.10 Å². The third-order valence-corrected chi connectivity index (χ3v) is 3.68. The van der Waals surface area contributed by atoms with Gasteiger partial charge in [0.05, 0.1) is 12.7 Å². The Morgan fingerprint density at radius 3 is 2.58 bits per heavy atom. The van der Waals surface area contributed by atoms with E-state index < -0.39 is 0 Å². The SMILES string of the molecule is Cc1c(CNC(C)C)cnn1Cc1ccc(Br)cc1. The van der Waals surface area contributed by atoms with Crippen LogP contribution < -0.4 is 5.32 Å². The van der Waals surface area contributed by atoms with Crippen LogP contribution in [0.15, 0.2) is 34.9 Å². The third kappa shape index (κ3) is 3.91. The largest absolute Gasteiger partial charge is 0.310 e. The average Bonchev–Trinajstić information content (AvgIpc) is 2.71. The second kappa shape index (κ2) is 6.35. The molecule has 1 aromatic carbocycles. The Hall–Kier alpha value is -1.13. The summed E-state index contributed by atoms with van der Waals surface area (Å²) in [5, 5.41) is 7.90. The van der Waals surface area contributed by atoms with Gasteiger partial charge in [0.25, 0.3) is 0 Å². The summed E-state index contributed by atoms with van der Waals surface area (Å²) in [6.07, 6.45) is 1.96. The van der Waals surface area contributed by atoms with Crippen molar-refractivity contribution in [1.29, 1.82) is 0 Å². The highest BCUT2D eigenvalue weighted by Gasteiger charge is 2.07. The first-order valence-corrected chi connectivity index (χ1v) is 7.34. The molecule has 0 spiro atoms. The minimum absolute atomic E-state index is 0.495.